The van der Waals surface area contributed by atoms with Gasteiger partial charge in [0.1, 0.15) is 5.75 Å². The average molecular weight is 412 g/mol. The smallest absolute Gasteiger partial charge is 0.254 e. The Morgan fingerprint density at radius 1 is 1.10 bits per heavy atom. The molecular weight excluding hydrogens is 382 g/mol. The van der Waals surface area contributed by atoms with Crippen molar-refractivity contribution in [2.24, 2.45) is 0 Å². The molecule has 1 aliphatic rings. The fraction of sp³-hybridized carbons (Fsp3) is 0.391. The first kappa shape index (κ1) is 21.6. The van der Waals surface area contributed by atoms with E-state index >= 15 is 0 Å². The van der Waals surface area contributed by atoms with E-state index in [0.29, 0.717) is 49.2 Å². The maximum Gasteiger partial charge on any atom is 0.254 e. The summed E-state index contributed by atoms with van der Waals surface area (Å²) in [5, 5.41) is 5.95. The molecule has 1 saturated heterocycles. The zero-order valence-corrected chi connectivity index (χ0v) is 17.7. The van der Waals surface area contributed by atoms with Crippen molar-refractivity contribution in [1.82, 2.24) is 4.90 Å². The molecule has 0 atom stereocenters. The molecule has 7 nitrogen and oxygen atoms in total. The van der Waals surface area contributed by atoms with E-state index in [1.165, 1.54) is 5.56 Å². The van der Waals surface area contributed by atoms with Crippen molar-refractivity contribution in [3.8, 4) is 5.75 Å². The number of nitrogens with one attached hydrogen (secondary N) is 2. The van der Waals surface area contributed by atoms with Crippen molar-refractivity contribution in [3.63, 3.8) is 0 Å². The fourth-order valence-corrected chi connectivity index (χ4v) is 3.26. The lowest BCUT2D eigenvalue weighted by Crippen LogP contribution is -2.40. The molecule has 2 aromatic carbocycles. The molecular formula is C23H29N3O4. The highest BCUT2D eigenvalue weighted by molar-refractivity contribution is 5.97. The van der Waals surface area contributed by atoms with Crippen LogP contribution in [0, 0.1) is 0 Å². The Hall–Kier alpha value is -3.06. The standard InChI is InChI=1S/C23H29N3O4/c1-16(2)17-4-7-19(8-5-17)25-22(27)15-24-20-14-18(6-9-21(20)29-3)23(28)26-10-12-30-13-11-26/h4-9,14,16,24H,10-13,15H2,1-3H3,(H,25,27). The van der Waals surface area contributed by atoms with Crippen molar-refractivity contribution >= 4 is 23.2 Å². The van der Waals surface area contributed by atoms with Crippen molar-refractivity contribution in [1.29, 1.82) is 0 Å². The highest BCUT2D eigenvalue weighted by atomic mass is 16.5. The maximum absolute atomic E-state index is 12.7. The SMILES string of the molecule is COc1ccc(C(=O)N2CCOCC2)cc1NCC(=O)Nc1ccc(C(C)C)cc1. The Balaban J connectivity index is 1.63. The van der Waals surface area contributed by atoms with Gasteiger partial charge in [-0.15, -0.1) is 0 Å². The number of carbonyl (C=O) groups is 2. The monoisotopic (exact) mass is 411 g/mol. The Labute approximate surface area is 177 Å². The quantitative estimate of drug-likeness (QED) is 0.731. The van der Waals surface area contributed by atoms with E-state index in [9.17, 15) is 9.59 Å². The number of amides is 2. The third kappa shape index (κ3) is 5.51. The van der Waals surface area contributed by atoms with Crippen LogP contribution in [0.25, 0.3) is 0 Å². The molecule has 160 valence electrons. The number of benzene rings is 2. The third-order valence-electron chi connectivity index (χ3n) is 5.05. The molecule has 1 aliphatic heterocycles. The summed E-state index contributed by atoms with van der Waals surface area (Å²) < 4.78 is 10.7. The second-order valence-corrected chi connectivity index (χ2v) is 7.50. The van der Waals surface area contributed by atoms with Gasteiger partial charge in [0.2, 0.25) is 5.91 Å². The molecule has 0 bridgehead atoms. The predicted molar refractivity (Wildman–Crippen MR) is 117 cm³/mol. The number of carbonyl (C=O) groups excluding carboxylic acids is 2. The van der Waals surface area contributed by atoms with E-state index in [-0.39, 0.29) is 18.4 Å². The number of anilines is 2. The van der Waals surface area contributed by atoms with Gasteiger partial charge in [0, 0.05) is 24.3 Å². The van der Waals surface area contributed by atoms with E-state index in [4.69, 9.17) is 9.47 Å². The first-order valence-electron chi connectivity index (χ1n) is 10.2. The predicted octanol–water partition coefficient (Wildman–Crippen LogP) is 3.34. The Morgan fingerprint density at radius 3 is 2.43 bits per heavy atom. The third-order valence-corrected chi connectivity index (χ3v) is 5.05. The second kappa shape index (κ2) is 10.1. The van der Waals surface area contributed by atoms with Gasteiger partial charge in [-0.2, -0.15) is 0 Å². The molecule has 0 saturated carbocycles. The summed E-state index contributed by atoms with van der Waals surface area (Å²) in [6.07, 6.45) is 0. The van der Waals surface area contributed by atoms with E-state index in [0.717, 1.165) is 5.69 Å². The number of methoxy groups -OCH3 is 1. The highest BCUT2D eigenvalue weighted by Gasteiger charge is 2.20. The number of hydrogen-bond acceptors (Lipinski definition) is 5. The zero-order chi connectivity index (χ0) is 21.5. The number of morpholine rings is 1. The van der Waals surface area contributed by atoms with Gasteiger partial charge in [0.25, 0.3) is 5.91 Å². The molecule has 0 unspecified atom stereocenters. The van der Waals surface area contributed by atoms with Crippen LogP contribution in [-0.2, 0) is 9.53 Å². The van der Waals surface area contributed by atoms with Crippen LogP contribution in [-0.4, -0.2) is 56.7 Å². The summed E-state index contributed by atoms with van der Waals surface area (Å²) in [6, 6.07) is 13.0. The van der Waals surface area contributed by atoms with Crippen molar-refractivity contribution in [3.05, 3.63) is 53.6 Å². The van der Waals surface area contributed by atoms with Gasteiger partial charge in [0.15, 0.2) is 0 Å². The lowest BCUT2D eigenvalue weighted by molar-refractivity contribution is -0.114. The van der Waals surface area contributed by atoms with Gasteiger partial charge in [-0.3, -0.25) is 9.59 Å². The highest BCUT2D eigenvalue weighted by Crippen LogP contribution is 2.26. The van der Waals surface area contributed by atoms with Crippen molar-refractivity contribution < 1.29 is 19.1 Å². The first-order valence-corrected chi connectivity index (χ1v) is 10.2. The lowest BCUT2D eigenvalue weighted by atomic mass is 10.0. The van der Waals surface area contributed by atoms with Crippen molar-refractivity contribution in [2.45, 2.75) is 19.8 Å². The topological polar surface area (TPSA) is 79.9 Å². The van der Waals surface area contributed by atoms with E-state index in [1.54, 1.807) is 30.2 Å². The Kier molecular flexibility index (Phi) is 7.30. The maximum atomic E-state index is 12.7. The minimum Gasteiger partial charge on any atom is -0.495 e. The van der Waals surface area contributed by atoms with Gasteiger partial charge in [-0.05, 0) is 41.8 Å². The normalized spacial score (nSPS) is 13.8. The van der Waals surface area contributed by atoms with Crippen LogP contribution in [0.3, 0.4) is 0 Å². The second-order valence-electron chi connectivity index (χ2n) is 7.50. The summed E-state index contributed by atoms with van der Waals surface area (Å²) in [5.74, 6) is 0.775. The van der Waals surface area contributed by atoms with Gasteiger partial charge in [-0.1, -0.05) is 26.0 Å². The molecule has 3 rings (SSSR count). The summed E-state index contributed by atoms with van der Waals surface area (Å²) in [5.41, 5.74) is 3.11. The van der Waals surface area contributed by atoms with Crippen LogP contribution in [0.5, 0.6) is 5.75 Å². The summed E-state index contributed by atoms with van der Waals surface area (Å²) in [4.78, 5) is 26.9. The molecule has 2 amide bonds. The zero-order valence-electron chi connectivity index (χ0n) is 17.7. The van der Waals surface area contributed by atoms with Crippen LogP contribution < -0.4 is 15.4 Å². The van der Waals surface area contributed by atoms with E-state index in [2.05, 4.69) is 24.5 Å². The molecule has 30 heavy (non-hydrogen) atoms. The minimum atomic E-state index is -0.181. The molecule has 2 N–H and O–H groups in total. The molecule has 1 heterocycles. The van der Waals surface area contributed by atoms with Crippen LogP contribution >= 0.6 is 0 Å². The van der Waals surface area contributed by atoms with Gasteiger partial charge < -0.3 is 25.0 Å². The van der Waals surface area contributed by atoms with E-state index in [1.807, 2.05) is 24.3 Å². The first-order chi connectivity index (χ1) is 14.5. The summed E-state index contributed by atoms with van der Waals surface area (Å²) >= 11 is 0. The lowest BCUT2D eigenvalue weighted by Gasteiger charge is -2.27. The largest absolute Gasteiger partial charge is 0.495 e. The molecule has 2 aromatic rings. The molecule has 0 aromatic heterocycles. The van der Waals surface area contributed by atoms with Gasteiger partial charge in [-0.25, -0.2) is 0 Å². The van der Waals surface area contributed by atoms with Crippen molar-refractivity contribution in [2.75, 3.05) is 50.6 Å². The van der Waals surface area contributed by atoms with Crippen LogP contribution in [0.2, 0.25) is 0 Å². The Bertz CT molecular complexity index is 875. The number of hydrogen-bond donors (Lipinski definition) is 2. The molecule has 1 fully saturated rings. The molecule has 0 spiro atoms. The number of ether oxygens (including phenoxy) is 2. The molecule has 0 radical (unpaired) electrons. The van der Waals surface area contributed by atoms with Gasteiger partial charge >= 0.3 is 0 Å². The molecule has 7 heteroatoms. The van der Waals surface area contributed by atoms with Gasteiger partial charge in [0.05, 0.1) is 32.6 Å². The number of rotatable bonds is 7. The summed E-state index contributed by atoms with van der Waals surface area (Å²) in [6.45, 7) is 6.55. The van der Waals surface area contributed by atoms with Crippen LogP contribution in [0.4, 0.5) is 11.4 Å². The molecule has 0 aliphatic carbocycles. The minimum absolute atomic E-state index is 0.0531. The average Bonchev–Trinajstić information content (AvgIpc) is 2.78. The number of nitrogens with zero attached hydrogens (tertiary/aromatic N) is 1. The summed E-state index contributed by atoms with van der Waals surface area (Å²) in [7, 11) is 1.56. The van der Waals surface area contributed by atoms with E-state index < -0.39 is 0 Å². The fourth-order valence-electron chi connectivity index (χ4n) is 3.26. The van der Waals surface area contributed by atoms with Crippen LogP contribution in [0.1, 0.15) is 35.7 Å². The Morgan fingerprint density at radius 2 is 1.80 bits per heavy atom. The van der Waals surface area contributed by atoms with Crippen LogP contribution in [0.15, 0.2) is 42.5 Å².